The maximum absolute atomic E-state index is 11.9. The number of nitrogens with zero attached hydrogens (tertiary/aromatic N) is 1. The molecule has 0 aromatic rings. The molecule has 2 aliphatic heterocycles. The second kappa shape index (κ2) is 6.02. The van der Waals surface area contributed by atoms with Gasteiger partial charge in [0, 0.05) is 6.54 Å². The van der Waals surface area contributed by atoms with E-state index < -0.39 is 0 Å². The molecule has 1 spiro atoms. The second-order valence-electron chi connectivity index (χ2n) is 6.70. The zero-order chi connectivity index (χ0) is 14.0. The number of hydrogen-bond donors (Lipinski definition) is 0. The summed E-state index contributed by atoms with van der Waals surface area (Å²) in [5.41, 5.74) is 0.196. The van der Waals surface area contributed by atoms with Crippen LogP contribution in [0.1, 0.15) is 57.8 Å². The first kappa shape index (κ1) is 14.3. The molecule has 2 heterocycles. The summed E-state index contributed by atoms with van der Waals surface area (Å²) < 4.78 is 11.3. The molecule has 0 radical (unpaired) electrons. The molecule has 0 N–H and O–H groups in total. The molecule has 0 aromatic carbocycles. The van der Waals surface area contributed by atoms with Crippen LogP contribution >= 0.6 is 0 Å². The predicted molar refractivity (Wildman–Crippen MR) is 76.5 cm³/mol. The number of esters is 1. The highest BCUT2D eigenvalue weighted by atomic mass is 16.5. The summed E-state index contributed by atoms with van der Waals surface area (Å²) in [6.07, 6.45) is 11.1. The van der Waals surface area contributed by atoms with Crippen LogP contribution in [0.4, 0.5) is 0 Å². The summed E-state index contributed by atoms with van der Waals surface area (Å²) >= 11 is 0. The van der Waals surface area contributed by atoms with Gasteiger partial charge in [-0.25, -0.2) is 0 Å². The molecule has 114 valence electrons. The number of carbonyl (C=O) groups excluding carboxylic acids is 1. The van der Waals surface area contributed by atoms with Crippen LogP contribution in [0.3, 0.4) is 0 Å². The van der Waals surface area contributed by atoms with Crippen molar-refractivity contribution < 1.29 is 14.3 Å². The van der Waals surface area contributed by atoms with Crippen molar-refractivity contribution in [1.82, 2.24) is 4.90 Å². The molecule has 0 bridgehead atoms. The molecule has 1 saturated carbocycles. The number of methoxy groups -OCH3 is 1. The SMILES string of the molecule is COC(=O)C1CCCCN1CC1CCC2(CCCC2)O1. The highest BCUT2D eigenvalue weighted by Crippen LogP contribution is 2.43. The first-order valence-corrected chi connectivity index (χ1v) is 8.22. The third kappa shape index (κ3) is 2.86. The van der Waals surface area contributed by atoms with E-state index in [4.69, 9.17) is 9.47 Å². The molecule has 3 fully saturated rings. The number of likely N-dealkylation sites (tertiary alicyclic amines) is 1. The third-order valence-electron chi connectivity index (χ3n) is 5.38. The van der Waals surface area contributed by atoms with Crippen LogP contribution in [0.25, 0.3) is 0 Å². The van der Waals surface area contributed by atoms with Crippen molar-refractivity contribution in [3.05, 3.63) is 0 Å². The number of ether oxygens (including phenoxy) is 2. The quantitative estimate of drug-likeness (QED) is 0.745. The third-order valence-corrected chi connectivity index (χ3v) is 5.38. The molecule has 2 saturated heterocycles. The van der Waals surface area contributed by atoms with Crippen molar-refractivity contribution in [1.29, 1.82) is 0 Å². The fraction of sp³-hybridized carbons (Fsp3) is 0.938. The van der Waals surface area contributed by atoms with Crippen molar-refractivity contribution in [2.24, 2.45) is 0 Å². The molecular formula is C16H27NO3. The largest absolute Gasteiger partial charge is 0.468 e. The molecular weight excluding hydrogens is 254 g/mol. The lowest BCUT2D eigenvalue weighted by Crippen LogP contribution is -2.48. The Bertz CT molecular complexity index is 352. The van der Waals surface area contributed by atoms with E-state index in [1.165, 1.54) is 45.6 Å². The molecule has 4 heteroatoms. The molecule has 2 unspecified atom stereocenters. The van der Waals surface area contributed by atoms with Crippen molar-refractivity contribution in [3.8, 4) is 0 Å². The first-order valence-electron chi connectivity index (χ1n) is 8.22. The van der Waals surface area contributed by atoms with E-state index in [9.17, 15) is 4.79 Å². The Morgan fingerprint density at radius 3 is 2.75 bits per heavy atom. The highest BCUT2D eigenvalue weighted by Gasteiger charge is 2.43. The van der Waals surface area contributed by atoms with Gasteiger partial charge < -0.3 is 9.47 Å². The lowest BCUT2D eigenvalue weighted by Gasteiger charge is -2.35. The predicted octanol–water partition coefficient (Wildman–Crippen LogP) is 2.51. The van der Waals surface area contributed by atoms with Gasteiger partial charge in [-0.15, -0.1) is 0 Å². The van der Waals surface area contributed by atoms with Crippen molar-refractivity contribution >= 4 is 5.97 Å². The summed E-state index contributed by atoms with van der Waals surface area (Å²) in [5, 5.41) is 0. The van der Waals surface area contributed by atoms with Gasteiger partial charge in [-0.2, -0.15) is 0 Å². The van der Waals surface area contributed by atoms with Crippen molar-refractivity contribution in [2.75, 3.05) is 20.2 Å². The molecule has 3 aliphatic rings. The molecule has 3 rings (SSSR count). The Kier molecular flexibility index (Phi) is 4.32. The zero-order valence-electron chi connectivity index (χ0n) is 12.6. The number of piperidine rings is 1. The summed E-state index contributed by atoms with van der Waals surface area (Å²) in [7, 11) is 1.49. The van der Waals surface area contributed by atoms with Crippen LogP contribution in [-0.4, -0.2) is 48.8 Å². The van der Waals surface area contributed by atoms with E-state index in [0.29, 0.717) is 6.10 Å². The molecule has 20 heavy (non-hydrogen) atoms. The maximum atomic E-state index is 11.9. The fourth-order valence-electron chi connectivity index (χ4n) is 4.29. The average Bonchev–Trinajstić information content (AvgIpc) is 3.09. The smallest absolute Gasteiger partial charge is 0.323 e. The van der Waals surface area contributed by atoms with E-state index in [-0.39, 0.29) is 17.6 Å². The van der Waals surface area contributed by atoms with Gasteiger partial charge in [0.05, 0.1) is 18.8 Å². The van der Waals surface area contributed by atoms with Gasteiger partial charge in [0.1, 0.15) is 6.04 Å². The van der Waals surface area contributed by atoms with Crippen molar-refractivity contribution in [3.63, 3.8) is 0 Å². The van der Waals surface area contributed by atoms with Gasteiger partial charge in [-0.3, -0.25) is 9.69 Å². The van der Waals surface area contributed by atoms with Crippen LogP contribution in [0.15, 0.2) is 0 Å². The number of hydrogen-bond acceptors (Lipinski definition) is 4. The van der Waals surface area contributed by atoms with Crippen LogP contribution in [0, 0.1) is 0 Å². The average molecular weight is 281 g/mol. The minimum atomic E-state index is -0.0710. The van der Waals surface area contributed by atoms with E-state index in [2.05, 4.69) is 4.90 Å². The topological polar surface area (TPSA) is 38.8 Å². The molecule has 1 aliphatic carbocycles. The summed E-state index contributed by atoms with van der Waals surface area (Å²) in [6, 6.07) is -0.0440. The van der Waals surface area contributed by atoms with Crippen LogP contribution < -0.4 is 0 Å². The van der Waals surface area contributed by atoms with Crippen molar-refractivity contribution in [2.45, 2.75) is 75.5 Å². The molecule has 0 aromatic heterocycles. The minimum Gasteiger partial charge on any atom is -0.468 e. The molecule has 4 nitrogen and oxygen atoms in total. The van der Waals surface area contributed by atoms with Gasteiger partial charge in [0.15, 0.2) is 0 Å². The standard InChI is InChI=1S/C16H27NO3/c1-19-15(18)14-6-2-5-11-17(14)12-13-7-10-16(20-13)8-3-4-9-16/h13-14H,2-12H2,1H3. The first-order chi connectivity index (χ1) is 9.72. The van der Waals surface area contributed by atoms with E-state index in [1.807, 2.05) is 0 Å². The van der Waals surface area contributed by atoms with Crippen LogP contribution in [0.5, 0.6) is 0 Å². The maximum Gasteiger partial charge on any atom is 0.323 e. The Morgan fingerprint density at radius 2 is 2.00 bits per heavy atom. The monoisotopic (exact) mass is 281 g/mol. The zero-order valence-corrected chi connectivity index (χ0v) is 12.6. The lowest BCUT2D eigenvalue weighted by atomic mass is 9.98. The van der Waals surface area contributed by atoms with Gasteiger partial charge in [-0.1, -0.05) is 19.3 Å². The van der Waals surface area contributed by atoms with Gasteiger partial charge in [0.25, 0.3) is 0 Å². The van der Waals surface area contributed by atoms with Crippen LogP contribution in [-0.2, 0) is 14.3 Å². The lowest BCUT2D eigenvalue weighted by molar-refractivity contribution is -0.149. The Labute approximate surface area is 121 Å². The van der Waals surface area contributed by atoms with E-state index in [0.717, 1.165) is 32.4 Å². The highest BCUT2D eigenvalue weighted by molar-refractivity contribution is 5.75. The number of carbonyl (C=O) groups is 1. The molecule has 2 atom stereocenters. The molecule has 0 amide bonds. The van der Waals surface area contributed by atoms with Gasteiger partial charge in [-0.05, 0) is 45.1 Å². The fourth-order valence-corrected chi connectivity index (χ4v) is 4.29. The number of rotatable bonds is 3. The second-order valence-corrected chi connectivity index (χ2v) is 6.70. The Balaban J connectivity index is 1.57. The Hall–Kier alpha value is -0.610. The van der Waals surface area contributed by atoms with Gasteiger partial charge in [0.2, 0.25) is 0 Å². The summed E-state index contributed by atoms with van der Waals surface area (Å²) in [4.78, 5) is 14.2. The minimum absolute atomic E-state index is 0.0440. The van der Waals surface area contributed by atoms with Gasteiger partial charge >= 0.3 is 5.97 Å². The normalized spacial score (nSPS) is 33.6. The van der Waals surface area contributed by atoms with Crippen LogP contribution in [0.2, 0.25) is 0 Å². The van der Waals surface area contributed by atoms with E-state index >= 15 is 0 Å². The Morgan fingerprint density at radius 1 is 1.20 bits per heavy atom. The van der Waals surface area contributed by atoms with E-state index in [1.54, 1.807) is 0 Å². The summed E-state index contributed by atoms with van der Waals surface area (Å²) in [6.45, 7) is 1.91. The summed E-state index contributed by atoms with van der Waals surface area (Å²) in [5.74, 6) is -0.0710.